The average molecular weight is 326 g/mol. The van der Waals surface area contributed by atoms with Gasteiger partial charge in [-0.1, -0.05) is 17.7 Å². The molecule has 1 N–H and O–H groups in total. The van der Waals surface area contributed by atoms with Gasteiger partial charge in [0.2, 0.25) is 0 Å². The number of hydrogen-bond acceptors (Lipinski definition) is 4. The standard InChI is InChI=1S/C20H26N2O2/c1-15-5-6-20(16(2)12-15)24-14-18(23)13-22-11-3-4-19(22)17-7-9-21-10-8-17/h5-10,12,18-19,23H,3-4,11,13-14H2,1-2H3. The molecule has 1 aliphatic heterocycles. The Kier molecular flexibility index (Phi) is 5.48. The van der Waals surface area contributed by atoms with Crippen LogP contribution in [0.2, 0.25) is 0 Å². The maximum atomic E-state index is 10.4. The zero-order chi connectivity index (χ0) is 16.9. The summed E-state index contributed by atoms with van der Waals surface area (Å²) in [7, 11) is 0. The fourth-order valence-corrected chi connectivity index (χ4v) is 3.48. The first-order valence-electron chi connectivity index (χ1n) is 8.65. The minimum Gasteiger partial charge on any atom is -0.491 e. The van der Waals surface area contributed by atoms with Crippen molar-refractivity contribution in [2.24, 2.45) is 0 Å². The SMILES string of the molecule is Cc1ccc(OCC(O)CN2CCCC2c2ccncc2)c(C)c1. The zero-order valence-electron chi connectivity index (χ0n) is 14.5. The third kappa shape index (κ3) is 4.13. The molecule has 2 heterocycles. The zero-order valence-corrected chi connectivity index (χ0v) is 14.5. The summed E-state index contributed by atoms with van der Waals surface area (Å²) in [4.78, 5) is 6.44. The first kappa shape index (κ1) is 16.9. The van der Waals surface area contributed by atoms with Gasteiger partial charge in [0, 0.05) is 25.0 Å². The first-order valence-corrected chi connectivity index (χ1v) is 8.65. The smallest absolute Gasteiger partial charge is 0.122 e. The average Bonchev–Trinajstić information content (AvgIpc) is 3.03. The van der Waals surface area contributed by atoms with Crippen molar-refractivity contribution in [2.45, 2.75) is 38.8 Å². The van der Waals surface area contributed by atoms with Gasteiger partial charge in [-0.25, -0.2) is 0 Å². The van der Waals surface area contributed by atoms with Crippen LogP contribution in [-0.2, 0) is 0 Å². The summed E-state index contributed by atoms with van der Waals surface area (Å²) in [5.41, 5.74) is 3.61. The molecule has 128 valence electrons. The highest BCUT2D eigenvalue weighted by atomic mass is 16.5. The lowest BCUT2D eigenvalue weighted by Crippen LogP contribution is -2.35. The van der Waals surface area contributed by atoms with E-state index in [9.17, 15) is 5.11 Å². The molecular weight excluding hydrogens is 300 g/mol. The molecule has 0 radical (unpaired) electrons. The van der Waals surface area contributed by atoms with Crippen LogP contribution in [0.15, 0.2) is 42.7 Å². The molecule has 0 saturated carbocycles. The molecule has 2 aromatic rings. The second-order valence-electron chi connectivity index (χ2n) is 6.67. The van der Waals surface area contributed by atoms with Crippen LogP contribution in [0.1, 0.15) is 35.6 Å². The van der Waals surface area contributed by atoms with Crippen molar-refractivity contribution in [3.05, 3.63) is 59.4 Å². The van der Waals surface area contributed by atoms with Crippen molar-refractivity contribution in [3.63, 3.8) is 0 Å². The molecule has 1 saturated heterocycles. The number of likely N-dealkylation sites (tertiary alicyclic amines) is 1. The van der Waals surface area contributed by atoms with Crippen molar-refractivity contribution in [1.29, 1.82) is 0 Å². The van der Waals surface area contributed by atoms with Gasteiger partial charge in [-0.05, 0) is 62.6 Å². The Labute approximate surface area is 144 Å². The van der Waals surface area contributed by atoms with E-state index in [1.165, 1.54) is 11.1 Å². The van der Waals surface area contributed by atoms with Gasteiger partial charge < -0.3 is 9.84 Å². The van der Waals surface area contributed by atoms with Crippen LogP contribution in [0.25, 0.3) is 0 Å². The lowest BCUT2D eigenvalue weighted by atomic mass is 10.1. The van der Waals surface area contributed by atoms with Crippen LogP contribution >= 0.6 is 0 Å². The van der Waals surface area contributed by atoms with E-state index >= 15 is 0 Å². The van der Waals surface area contributed by atoms with Crippen LogP contribution in [0.3, 0.4) is 0 Å². The fourth-order valence-electron chi connectivity index (χ4n) is 3.48. The second kappa shape index (κ2) is 7.77. The molecule has 0 amide bonds. The molecule has 1 fully saturated rings. The maximum absolute atomic E-state index is 10.4. The van der Waals surface area contributed by atoms with E-state index in [-0.39, 0.29) is 0 Å². The molecule has 1 aromatic carbocycles. The maximum Gasteiger partial charge on any atom is 0.122 e. The molecular formula is C20H26N2O2. The van der Waals surface area contributed by atoms with E-state index < -0.39 is 6.10 Å². The number of rotatable bonds is 6. The number of β-amino-alcohol motifs (C(OH)–C–C–N with tert-alkyl or cyclic N) is 1. The van der Waals surface area contributed by atoms with Crippen LogP contribution in [-0.4, -0.2) is 40.8 Å². The summed E-state index contributed by atoms with van der Waals surface area (Å²) in [5, 5.41) is 10.4. The molecule has 0 aliphatic carbocycles. The van der Waals surface area contributed by atoms with Crippen molar-refractivity contribution in [1.82, 2.24) is 9.88 Å². The molecule has 1 aliphatic rings. The Bertz CT molecular complexity index is 660. The molecule has 3 rings (SSSR count). The molecule has 0 bridgehead atoms. The number of pyridine rings is 1. The molecule has 2 unspecified atom stereocenters. The lowest BCUT2D eigenvalue weighted by molar-refractivity contribution is 0.0636. The van der Waals surface area contributed by atoms with E-state index in [2.05, 4.69) is 35.0 Å². The summed E-state index contributed by atoms with van der Waals surface area (Å²) in [5.74, 6) is 0.853. The van der Waals surface area contributed by atoms with Crippen LogP contribution in [0.4, 0.5) is 0 Å². The summed E-state index contributed by atoms with van der Waals surface area (Å²) >= 11 is 0. The Morgan fingerprint density at radius 1 is 1.25 bits per heavy atom. The Morgan fingerprint density at radius 3 is 2.79 bits per heavy atom. The summed E-state index contributed by atoms with van der Waals surface area (Å²) < 4.78 is 5.82. The van der Waals surface area contributed by atoms with Crippen LogP contribution in [0, 0.1) is 13.8 Å². The number of ether oxygens (including phenoxy) is 1. The third-order valence-corrected chi connectivity index (χ3v) is 4.66. The number of nitrogens with zero attached hydrogens (tertiary/aromatic N) is 2. The summed E-state index contributed by atoms with van der Waals surface area (Å²) in [6.45, 7) is 6.09. The highest BCUT2D eigenvalue weighted by Gasteiger charge is 2.27. The Morgan fingerprint density at radius 2 is 2.04 bits per heavy atom. The summed E-state index contributed by atoms with van der Waals surface area (Å²) in [6, 6.07) is 10.6. The Hall–Kier alpha value is -1.91. The van der Waals surface area contributed by atoms with E-state index in [1.807, 2.05) is 31.5 Å². The second-order valence-corrected chi connectivity index (χ2v) is 6.67. The van der Waals surface area contributed by atoms with Crippen LogP contribution in [0.5, 0.6) is 5.75 Å². The van der Waals surface area contributed by atoms with Crippen molar-refractivity contribution in [3.8, 4) is 5.75 Å². The molecule has 0 spiro atoms. The van der Waals surface area contributed by atoms with Gasteiger partial charge in [0.15, 0.2) is 0 Å². The number of benzene rings is 1. The van der Waals surface area contributed by atoms with Gasteiger partial charge in [-0.3, -0.25) is 9.88 Å². The van der Waals surface area contributed by atoms with E-state index in [0.29, 0.717) is 19.2 Å². The van der Waals surface area contributed by atoms with Crippen molar-refractivity contribution >= 4 is 0 Å². The fraction of sp³-hybridized carbons (Fsp3) is 0.450. The number of aromatic nitrogens is 1. The van der Waals surface area contributed by atoms with Crippen molar-refractivity contribution < 1.29 is 9.84 Å². The first-order chi connectivity index (χ1) is 11.6. The third-order valence-electron chi connectivity index (χ3n) is 4.66. The van der Waals surface area contributed by atoms with Crippen LogP contribution < -0.4 is 4.74 Å². The van der Waals surface area contributed by atoms with Crippen molar-refractivity contribution in [2.75, 3.05) is 19.7 Å². The number of aliphatic hydroxyl groups excluding tert-OH is 1. The highest BCUT2D eigenvalue weighted by molar-refractivity contribution is 5.35. The van der Waals surface area contributed by atoms with E-state index in [1.54, 1.807) is 0 Å². The topological polar surface area (TPSA) is 45.6 Å². The lowest BCUT2D eigenvalue weighted by Gasteiger charge is -2.27. The minimum absolute atomic E-state index is 0.323. The monoisotopic (exact) mass is 326 g/mol. The normalized spacial score (nSPS) is 19.4. The van der Waals surface area contributed by atoms with E-state index in [4.69, 9.17) is 4.74 Å². The number of aliphatic hydroxyl groups is 1. The molecule has 24 heavy (non-hydrogen) atoms. The van der Waals surface area contributed by atoms with Gasteiger partial charge in [0.05, 0.1) is 0 Å². The largest absolute Gasteiger partial charge is 0.491 e. The van der Waals surface area contributed by atoms with Gasteiger partial charge in [0.1, 0.15) is 18.5 Å². The Balaban J connectivity index is 1.55. The number of aryl methyl sites for hydroxylation is 2. The quantitative estimate of drug-likeness (QED) is 0.885. The highest BCUT2D eigenvalue weighted by Crippen LogP contribution is 2.31. The number of hydrogen-bond donors (Lipinski definition) is 1. The molecule has 1 aromatic heterocycles. The van der Waals surface area contributed by atoms with E-state index in [0.717, 1.165) is 30.7 Å². The molecule has 2 atom stereocenters. The van der Waals surface area contributed by atoms with Gasteiger partial charge >= 0.3 is 0 Å². The van der Waals surface area contributed by atoms with Gasteiger partial charge in [-0.2, -0.15) is 0 Å². The minimum atomic E-state index is -0.492. The predicted octanol–water partition coefficient (Wildman–Crippen LogP) is 3.28. The molecule has 4 nitrogen and oxygen atoms in total. The van der Waals surface area contributed by atoms with Gasteiger partial charge in [-0.15, -0.1) is 0 Å². The predicted molar refractivity (Wildman–Crippen MR) is 95.2 cm³/mol. The molecule has 4 heteroatoms. The van der Waals surface area contributed by atoms with Gasteiger partial charge in [0.25, 0.3) is 0 Å². The summed E-state index contributed by atoms with van der Waals surface area (Å²) in [6.07, 6.45) is 5.48.